The predicted molar refractivity (Wildman–Crippen MR) is 49.2 cm³/mol. The van der Waals surface area contributed by atoms with Gasteiger partial charge in [-0.3, -0.25) is 4.79 Å². The lowest BCUT2D eigenvalue weighted by Gasteiger charge is -2.03. The van der Waals surface area contributed by atoms with Gasteiger partial charge in [0.2, 0.25) is 5.78 Å². The first-order valence-electron chi connectivity index (χ1n) is 3.61. The van der Waals surface area contributed by atoms with Crippen LogP contribution in [0.1, 0.15) is 15.9 Å². The molecule has 0 aromatic heterocycles. The number of alkyl halides is 2. The second-order valence-corrected chi connectivity index (χ2v) is 3.54. The minimum absolute atomic E-state index is 0.0735. The van der Waals surface area contributed by atoms with Crippen molar-refractivity contribution in [1.29, 1.82) is 0 Å². The molecule has 0 aliphatic heterocycles. The van der Waals surface area contributed by atoms with Crippen molar-refractivity contribution in [3.8, 4) is 0 Å². The van der Waals surface area contributed by atoms with Gasteiger partial charge in [-0.1, -0.05) is 22.0 Å². The van der Waals surface area contributed by atoms with E-state index >= 15 is 0 Å². The molecular formula is C9H7BrF2O. The maximum absolute atomic E-state index is 12.1. The highest BCUT2D eigenvalue weighted by atomic mass is 79.9. The van der Waals surface area contributed by atoms with Crippen molar-refractivity contribution in [3.05, 3.63) is 33.8 Å². The van der Waals surface area contributed by atoms with Gasteiger partial charge >= 0.3 is 6.43 Å². The second kappa shape index (κ2) is 3.96. The Bertz CT molecular complexity index is 336. The highest BCUT2D eigenvalue weighted by Crippen LogP contribution is 2.18. The standard InChI is InChI=1S/C9H7BrF2O/c1-5-2-3-6(10)4-7(5)8(13)9(11)12/h2-4,9H,1H3. The van der Waals surface area contributed by atoms with Crippen molar-refractivity contribution in [2.45, 2.75) is 13.3 Å². The minimum atomic E-state index is -2.94. The molecule has 13 heavy (non-hydrogen) atoms. The summed E-state index contributed by atoms with van der Waals surface area (Å²) < 4.78 is 24.7. The normalized spacial score (nSPS) is 10.5. The van der Waals surface area contributed by atoms with E-state index in [4.69, 9.17) is 0 Å². The van der Waals surface area contributed by atoms with Crippen LogP contribution in [0.3, 0.4) is 0 Å². The fraction of sp³-hybridized carbons (Fsp3) is 0.222. The van der Waals surface area contributed by atoms with Crippen LogP contribution in [0.4, 0.5) is 8.78 Å². The van der Waals surface area contributed by atoms with Gasteiger partial charge in [0, 0.05) is 10.0 Å². The van der Waals surface area contributed by atoms with Gasteiger partial charge in [-0.2, -0.15) is 0 Å². The van der Waals surface area contributed by atoms with Crippen LogP contribution >= 0.6 is 15.9 Å². The van der Waals surface area contributed by atoms with E-state index in [0.717, 1.165) is 0 Å². The molecule has 1 nitrogen and oxygen atoms in total. The Morgan fingerprint density at radius 2 is 2.08 bits per heavy atom. The molecule has 0 saturated heterocycles. The molecule has 0 aliphatic carbocycles. The number of aryl methyl sites for hydroxylation is 1. The highest BCUT2D eigenvalue weighted by molar-refractivity contribution is 9.10. The van der Waals surface area contributed by atoms with E-state index in [1.807, 2.05) is 0 Å². The first kappa shape index (κ1) is 10.3. The van der Waals surface area contributed by atoms with E-state index in [-0.39, 0.29) is 5.56 Å². The van der Waals surface area contributed by atoms with E-state index in [2.05, 4.69) is 15.9 Å². The molecule has 0 bridgehead atoms. The largest absolute Gasteiger partial charge is 0.300 e. The van der Waals surface area contributed by atoms with Crippen molar-refractivity contribution < 1.29 is 13.6 Å². The first-order chi connectivity index (χ1) is 6.02. The molecule has 1 aromatic rings. The molecule has 0 unspecified atom stereocenters. The lowest BCUT2D eigenvalue weighted by atomic mass is 10.1. The fourth-order valence-corrected chi connectivity index (χ4v) is 1.34. The van der Waals surface area contributed by atoms with Crippen molar-refractivity contribution in [1.82, 2.24) is 0 Å². The molecule has 0 aliphatic rings. The van der Waals surface area contributed by atoms with Crippen LogP contribution in [0.25, 0.3) is 0 Å². The Balaban J connectivity index is 3.13. The molecule has 0 saturated carbocycles. The zero-order chi connectivity index (χ0) is 10.0. The number of rotatable bonds is 2. The summed E-state index contributed by atoms with van der Waals surface area (Å²) in [6.45, 7) is 1.63. The number of hydrogen-bond acceptors (Lipinski definition) is 1. The summed E-state index contributed by atoms with van der Waals surface area (Å²) in [6.07, 6.45) is -2.94. The summed E-state index contributed by atoms with van der Waals surface area (Å²) in [5.74, 6) is -1.13. The van der Waals surface area contributed by atoms with Gasteiger partial charge in [0.1, 0.15) is 0 Å². The van der Waals surface area contributed by atoms with Gasteiger partial charge in [0.05, 0.1) is 0 Å². The maximum atomic E-state index is 12.1. The SMILES string of the molecule is Cc1ccc(Br)cc1C(=O)C(F)F. The van der Waals surface area contributed by atoms with Gasteiger partial charge in [0.15, 0.2) is 0 Å². The number of halogens is 3. The third-order valence-electron chi connectivity index (χ3n) is 1.66. The molecule has 0 amide bonds. The van der Waals surface area contributed by atoms with Crippen LogP contribution in [0.5, 0.6) is 0 Å². The van der Waals surface area contributed by atoms with E-state index < -0.39 is 12.2 Å². The lowest BCUT2D eigenvalue weighted by molar-refractivity contribution is 0.0678. The Hall–Kier alpha value is -0.770. The van der Waals surface area contributed by atoms with Crippen LogP contribution < -0.4 is 0 Å². The summed E-state index contributed by atoms with van der Waals surface area (Å²) in [6, 6.07) is 4.74. The lowest BCUT2D eigenvalue weighted by Crippen LogP contribution is -2.11. The third kappa shape index (κ3) is 2.34. The monoisotopic (exact) mass is 248 g/mol. The Morgan fingerprint density at radius 1 is 1.46 bits per heavy atom. The average molecular weight is 249 g/mol. The maximum Gasteiger partial charge on any atom is 0.300 e. The zero-order valence-corrected chi connectivity index (χ0v) is 8.44. The number of hydrogen-bond donors (Lipinski definition) is 0. The summed E-state index contributed by atoms with van der Waals surface area (Å²) in [5, 5.41) is 0. The van der Waals surface area contributed by atoms with Crippen molar-refractivity contribution >= 4 is 21.7 Å². The summed E-state index contributed by atoms with van der Waals surface area (Å²) >= 11 is 3.12. The smallest absolute Gasteiger partial charge is 0.288 e. The van der Waals surface area contributed by atoms with Crippen molar-refractivity contribution in [2.24, 2.45) is 0 Å². The van der Waals surface area contributed by atoms with Crippen LogP contribution in [-0.2, 0) is 0 Å². The van der Waals surface area contributed by atoms with E-state index in [9.17, 15) is 13.6 Å². The molecule has 0 radical (unpaired) electrons. The second-order valence-electron chi connectivity index (χ2n) is 2.62. The summed E-state index contributed by atoms with van der Waals surface area (Å²) in [5.41, 5.74) is 0.637. The van der Waals surface area contributed by atoms with E-state index in [1.54, 1.807) is 19.1 Å². The van der Waals surface area contributed by atoms with Gasteiger partial charge in [-0.05, 0) is 24.6 Å². The minimum Gasteiger partial charge on any atom is -0.288 e. The molecule has 0 atom stereocenters. The average Bonchev–Trinajstić information content (AvgIpc) is 2.08. The van der Waals surface area contributed by atoms with Crippen molar-refractivity contribution in [3.63, 3.8) is 0 Å². The number of Topliss-reactive ketones (excluding diaryl/α,β-unsaturated/α-hetero) is 1. The molecule has 4 heteroatoms. The van der Waals surface area contributed by atoms with Gasteiger partial charge in [0.25, 0.3) is 0 Å². The Labute approximate surface area is 82.9 Å². The summed E-state index contributed by atoms with van der Waals surface area (Å²) in [7, 11) is 0. The van der Waals surface area contributed by atoms with E-state index in [0.29, 0.717) is 10.0 Å². The molecule has 0 N–H and O–H groups in total. The molecule has 1 aromatic carbocycles. The van der Waals surface area contributed by atoms with Gasteiger partial charge < -0.3 is 0 Å². The molecule has 0 fully saturated rings. The molecule has 0 heterocycles. The number of carbonyl (C=O) groups excluding carboxylic acids is 1. The molecule has 1 rings (SSSR count). The van der Waals surface area contributed by atoms with E-state index in [1.165, 1.54) is 6.07 Å². The molecule has 70 valence electrons. The molecule has 0 spiro atoms. The summed E-state index contributed by atoms with van der Waals surface area (Å²) in [4.78, 5) is 10.9. The first-order valence-corrected chi connectivity index (χ1v) is 4.40. The van der Waals surface area contributed by atoms with Crippen molar-refractivity contribution in [2.75, 3.05) is 0 Å². The van der Waals surface area contributed by atoms with Crippen LogP contribution in [-0.4, -0.2) is 12.2 Å². The topological polar surface area (TPSA) is 17.1 Å². The predicted octanol–water partition coefficient (Wildman–Crippen LogP) is 3.21. The van der Waals surface area contributed by atoms with Gasteiger partial charge in [-0.25, -0.2) is 8.78 Å². The molecular weight excluding hydrogens is 242 g/mol. The van der Waals surface area contributed by atoms with Crippen LogP contribution in [0.15, 0.2) is 22.7 Å². The highest BCUT2D eigenvalue weighted by Gasteiger charge is 2.19. The quantitative estimate of drug-likeness (QED) is 0.735. The zero-order valence-electron chi connectivity index (χ0n) is 6.85. The third-order valence-corrected chi connectivity index (χ3v) is 2.16. The Morgan fingerprint density at radius 3 is 2.62 bits per heavy atom. The Kier molecular flexibility index (Phi) is 3.14. The van der Waals surface area contributed by atoms with Crippen LogP contribution in [0.2, 0.25) is 0 Å². The fourth-order valence-electron chi connectivity index (χ4n) is 0.977. The number of benzene rings is 1. The number of carbonyl (C=O) groups is 1. The number of ketones is 1. The van der Waals surface area contributed by atoms with Crippen LogP contribution in [0, 0.1) is 6.92 Å². The van der Waals surface area contributed by atoms with Gasteiger partial charge in [-0.15, -0.1) is 0 Å².